The molecule has 0 saturated carbocycles. The molecule has 0 bridgehead atoms. The van der Waals surface area contributed by atoms with Crippen molar-refractivity contribution in [3.05, 3.63) is 120 Å². The Bertz CT molecular complexity index is 1320. The molecule has 0 spiro atoms. The molecule has 0 radical (unpaired) electrons. The minimum Gasteiger partial charge on any atom is -0.361 e. The SMILES string of the molecule is CC[N+]1=C(C=CNc2ccccc2)C(C)(CCc2ccccc2)c2c1ccc1ccccc21. The molecular weight excluding hydrogens is 400 g/mol. The summed E-state index contributed by atoms with van der Waals surface area (Å²) in [5.41, 5.74) is 6.56. The van der Waals surface area contributed by atoms with Crippen molar-refractivity contribution in [2.45, 2.75) is 32.1 Å². The molecule has 164 valence electrons. The van der Waals surface area contributed by atoms with Gasteiger partial charge in [-0.1, -0.05) is 72.8 Å². The fourth-order valence-corrected chi connectivity index (χ4v) is 5.28. The molecule has 1 heterocycles. The number of rotatable bonds is 7. The molecule has 4 aromatic carbocycles. The maximum absolute atomic E-state index is 3.46. The predicted molar refractivity (Wildman–Crippen MR) is 141 cm³/mol. The second-order valence-corrected chi connectivity index (χ2v) is 8.97. The molecule has 2 nitrogen and oxygen atoms in total. The zero-order valence-corrected chi connectivity index (χ0v) is 19.5. The van der Waals surface area contributed by atoms with Crippen molar-refractivity contribution in [1.82, 2.24) is 0 Å². The lowest BCUT2D eigenvalue weighted by molar-refractivity contribution is -0.433. The first kappa shape index (κ1) is 21.2. The molecule has 0 fully saturated rings. The summed E-state index contributed by atoms with van der Waals surface area (Å²) in [6.45, 7) is 5.62. The van der Waals surface area contributed by atoms with Crippen molar-refractivity contribution < 1.29 is 4.58 Å². The van der Waals surface area contributed by atoms with Crippen molar-refractivity contribution in [1.29, 1.82) is 0 Å². The van der Waals surface area contributed by atoms with Crippen molar-refractivity contribution >= 4 is 27.9 Å². The molecule has 1 unspecified atom stereocenters. The predicted octanol–water partition coefficient (Wildman–Crippen LogP) is 7.47. The Morgan fingerprint density at radius 2 is 1.52 bits per heavy atom. The van der Waals surface area contributed by atoms with E-state index in [4.69, 9.17) is 0 Å². The number of nitrogens with one attached hydrogen (secondary N) is 1. The Kier molecular flexibility index (Phi) is 5.83. The van der Waals surface area contributed by atoms with Crippen LogP contribution in [0, 0.1) is 0 Å². The lowest BCUT2D eigenvalue weighted by Crippen LogP contribution is -2.32. The van der Waals surface area contributed by atoms with Gasteiger partial charge in [0.05, 0.1) is 5.41 Å². The zero-order chi connectivity index (χ0) is 22.7. The Labute approximate surface area is 196 Å². The average molecular weight is 432 g/mol. The maximum atomic E-state index is 3.46. The molecule has 0 aromatic heterocycles. The highest BCUT2D eigenvalue weighted by molar-refractivity contribution is 6.08. The van der Waals surface area contributed by atoms with Crippen LogP contribution in [0.3, 0.4) is 0 Å². The van der Waals surface area contributed by atoms with Crippen molar-refractivity contribution in [3.63, 3.8) is 0 Å². The van der Waals surface area contributed by atoms with Crippen LogP contribution in [-0.4, -0.2) is 16.8 Å². The van der Waals surface area contributed by atoms with Gasteiger partial charge in [0.15, 0.2) is 5.71 Å². The van der Waals surface area contributed by atoms with Crippen LogP contribution >= 0.6 is 0 Å². The highest BCUT2D eigenvalue weighted by Crippen LogP contribution is 2.46. The van der Waals surface area contributed by atoms with E-state index in [0.29, 0.717) is 0 Å². The number of allylic oxidation sites excluding steroid dienone is 1. The third-order valence-corrected chi connectivity index (χ3v) is 6.94. The lowest BCUT2D eigenvalue weighted by atomic mass is 9.73. The minimum atomic E-state index is -0.0864. The summed E-state index contributed by atoms with van der Waals surface area (Å²) >= 11 is 0. The Balaban J connectivity index is 1.59. The van der Waals surface area contributed by atoms with Gasteiger partial charge in [-0.25, -0.2) is 0 Å². The van der Waals surface area contributed by atoms with E-state index >= 15 is 0 Å². The topological polar surface area (TPSA) is 15.0 Å². The van der Waals surface area contributed by atoms with Gasteiger partial charge in [-0.15, -0.1) is 0 Å². The lowest BCUT2D eigenvalue weighted by Gasteiger charge is -2.24. The van der Waals surface area contributed by atoms with E-state index in [0.717, 1.165) is 25.1 Å². The van der Waals surface area contributed by atoms with Crippen LogP contribution in [0.4, 0.5) is 11.4 Å². The van der Waals surface area contributed by atoms with Crippen LogP contribution in [-0.2, 0) is 11.8 Å². The van der Waals surface area contributed by atoms with Gasteiger partial charge in [0.1, 0.15) is 6.54 Å². The molecule has 33 heavy (non-hydrogen) atoms. The standard InChI is InChI=1S/C31H30N2/c1-3-33-28-19-18-25-14-10-11-17-27(25)30(28)31(2,22-20-24-12-6-4-7-13-24)29(33)21-23-32-26-15-8-5-9-16-26/h4-19,21,23H,3,20,22H2,1-2H3/p+1. The summed E-state index contributed by atoms with van der Waals surface area (Å²) in [5.74, 6) is 0. The molecule has 1 atom stereocenters. The third-order valence-electron chi connectivity index (χ3n) is 6.94. The first-order valence-corrected chi connectivity index (χ1v) is 11.9. The highest BCUT2D eigenvalue weighted by Gasteiger charge is 2.48. The number of aryl methyl sites for hydroxylation is 1. The fraction of sp³-hybridized carbons (Fsp3) is 0.194. The van der Waals surface area contributed by atoms with Crippen molar-refractivity contribution in [2.75, 3.05) is 11.9 Å². The van der Waals surface area contributed by atoms with E-state index in [1.165, 1.54) is 33.3 Å². The molecule has 1 aliphatic rings. The summed E-state index contributed by atoms with van der Waals surface area (Å²) in [5, 5.41) is 6.14. The van der Waals surface area contributed by atoms with Gasteiger partial charge in [0.25, 0.3) is 0 Å². The number of hydrogen-bond donors (Lipinski definition) is 1. The molecule has 1 aliphatic heterocycles. The Morgan fingerprint density at radius 1 is 0.818 bits per heavy atom. The van der Waals surface area contributed by atoms with E-state index in [1.807, 2.05) is 6.07 Å². The van der Waals surface area contributed by atoms with Crippen LogP contribution in [0.25, 0.3) is 10.8 Å². The van der Waals surface area contributed by atoms with Gasteiger partial charge < -0.3 is 5.32 Å². The molecule has 0 aliphatic carbocycles. The molecule has 0 amide bonds. The van der Waals surface area contributed by atoms with Gasteiger partial charge in [-0.3, -0.25) is 0 Å². The summed E-state index contributed by atoms with van der Waals surface area (Å²) in [7, 11) is 0. The Hall–Kier alpha value is -3.65. The number of benzene rings is 4. The van der Waals surface area contributed by atoms with Crippen LogP contribution in [0.1, 0.15) is 31.4 Å². The maximum Gasteiger partial charge on any atom is 0.210 e. The molecule has 2 heteroatoms. The number of para-hydroxylation sites is 1. The van der Waals surface area contributed by atoms with Crippen LogP contribution in [0.2, 0.25) is 0 Å². The number of nitrogens with zero attached hydrogens (tertiary/aromatic N) is 1. The van der Waals surface area contributed by atoms with E-state index in [-0.39, 0.29) is 5.41 Å². The molecule has 0 saturated heterocycles. The second kappa shape index (κ2) is 9.07. The fourth-order valence-electron chi connectivity index (χ4n) is 5.28. The van der Waals surface area contributed by atoms with Crippen LogP contribution in [0.15, 0.2) is 109 Å². The molecular formula is C31H31N2+. The summed E-state index contributed by atoms with van der Waals surface area (Å²) < 4.78 is 2.50. The largest absolute Gasteiger partial charge is 0.361 e. The summed E-state index contributed by atoms with van der Waals surface area (Å²) in [4.78, 5) is 0. The summed E-state index contributed by atoms with van der Waals surface area (Å²) in [6.07, 6.45) is 6.49. The van der Waals surface area contributed by atoms with Crippen molar-refractivity contribution in [2.24, 2.45) is 0 Å². The van der Waals surface area contributed by atoms with E-state index in [1.54, 1.807) is 0 Å². The van der Waals surface area contributed by atoms with Crippen LogP contribution in [0.5, 0.6) is 0 Å². The van der Waals surface area contributed by atoms with Gasteiger partial charge in [0.2, 0.25) is 5.69 Å². The quantitative estimate of drug-likeness (QED) is 0.300. The van der Waals surface area contributed by atoms with E-state index < -0.39 is 0 Å². The smallest absolute Gasteiger partial charge is 0.210 e. The van der Waals surface area contributed by atoms with Crippen molar-refractivity contribution in [3.8, 4) is 0 Å². The van der Waals surface area contributed by atoms with Gasteiger partial charge in [-0.2, -0.15) is 4.58 Å². The first-order valence-electron chi connectivity index (χ1n) is 11.9. The Morgan fingerprint density at radius 3 is 2.27 bits per heavy atom. The second-order valence-electron chi connectivity index (χ2n) is 8.97. The van der Waals surface area contributed by atoms with E-state index in [9.17, 15) is 0 Å². The van der Waals surface area contributed by atoms with Gasteiger partial charge in [-0.05, 0) is 61.2 Å². The molecule has 1 N–H and O–H groups in total. The normalized spacial score (nSPS) is 17.6. The number of anilines is 1. The highest BCUT2D eigenvalue weighted by atomic mass is 15.1. The number of hydrogen-bond acceptors (Lipinski definition) is 1. The van der Waals surface area contributed by atoms with Gasteiger partial charge in [0, 0.05) is 29.6 Å². The third kappa shape index (κ3) is 3.98. The first-order chi connectivity index (χ1) is 16.2. The average Bonchev–Trinajstić information content (AvgIpc) is 3.12. The van der Waals surface area contributed by atoms with E-state index in [2.05, 4.69) is 127 Å². The van der Waals surface area contributed by atoms with Crippen LogP contribution < -0.4 is 5.32 Å². The molecule has 5 rings (SSSR count). The molecule has 4 aromatic rings. The monoisotopic (exact) mass is 431 g/mol. The zero-order valence-electron chi connectivity index (χ0n) is 19.5. The van der Waals surface area contributed by atoms with Gasteiger partial charge >= 0.3 is 0 Å². The summed E-state index contributed by atoms with van der Waals surface area (Å²) in [6, 6.07) is 34.6. The minimum absolute atomic E-state index is 0.0864. The number of fused-ring (bicyclic) bond motifs is 3.